The van der Waals surface area contributed by atoms with Gasteiger partial charge in [-0.3, -0.25) is 14.8 Å². The molecule has 1 aromatic carbocycles. The van der Waals surface area contributed by atoms with E-state index < -0.39 is 16.8 Å². The molecular weight excluding hydrogens is 321 g/mol. The van der Waals surface area contributed by atoms with Gasteiger partial charge < -0.3 is 14.9 Å². The molecule has 3 heterocycles. The third-order valence-electron chi connectivity index (χ3n) is 4.79. The van der Waals surface area contributed by atoms with Crippen LogP contribution in [0, 0.1) is 15.9 Å². The summed E-state index contributed by atoms with van der Waals surface area (Å²) < 4.78 is 15.6. The van der Waals surface area contributed by atoms with Gasteiger partial charge in [0.1, 0.15) is 11.2 Å². The fraction of sp³-hybridized carbons (Fsp3) is 0.429. The van der Waals surface area contributed by atoms with E-state index in [1.807, 2.05) is 4.90 Å². The van der Waals surface area contributed by atoms with Gasteiger partial charge in [-0.15, -0.1) is 0 Å². The smallest absolute Gasteiger partial charge is 0.407 e. The lowest BCUT2D eigenvalue weighted by Gasteiger charge is -2.34. The number of benzene rings is 1. The first-order valence-corrected chi connectivity index (χ1v) is 7.43. The number of amides is 1. The molecule has 2 saturated heterocycles. The molecule has 2 atom stereocenters. The zero-order chi connectivity index (χ0) is 17.2. The van der Waals surface area contributed by atoms with Crippen molar-refractivity contribution in [3.8, 4) is 0 Å². The number of halogens is 1. The van der Waals surface area contributed by atoms with Crippen molar-refractivity contribution in [2.24, 2.45) is 7.05 Å². The van der Waals surface area contributed by atoms with Crippen LogP contribution in [0.5, 0.6) is 0 Å². The van der Waals surface area contributed by atoms with E-state index in [9.17, 15) is 24.4 Å². The Hall–Kier alpha value is -2.91. The van der Waals surface area contributed by atoms with Crippen molar-refractivity contribution in [2.75, 3.05) is 18.0 Å². The molecule has 9 nitrogen and oxygen atoms in total. The average Bonchev–Trinajstić information content (AvgIpc) is 3.19. The average molecular weight is 335 g/mol. The molecule has 0 unspecified atom stereocenters. The van der Waals surface area contributed by atoms with Crippen molar-refractivity contribution in [2.45, 2.75) is 18.5 Å². The maximum Gasteiger partial charge on any atom is 0.407 e. The van der Waals surface area contributed by atoms with Crippen LogP contribution < -0.4 is 4.90 Å². The molecule has 24 heavy (non-hydrogen) atoms. The maximum absolute atomic E-state index is 14.2. The summed E-state index contributed by atoms with van der Waals surface area (Å²) in [5.41, 5.74) is 0.0837. The highest BCUT2D eigenvalue weighted by molar-refractivity contribution is 5.97. The van der Waals surface area contributed by atoms with Gasteiger partial charge in [-0.1, -0.05) is 0 Å². The van der Waals surface area contributed by atoms with Gasteiger partial charge in [0.2, 0.25) is 0 Å². The summed E-state index contributed by atoms with van der Waals surface area (Å²) in [5.74, 6) is -0.738. The van der Waals surface area contributed by atoms with E-state index >= 15 is 0 Å². The van der Waals surface area contributed by atoms with Gasteiger partial charge in [0.25, 0.3) is 5.69 Å². The number of hydrogen-bond acceptors (Lipinski definition) is 5. The normalized spacial score (nSPS) is 22.6. The van der Waals surface area contributed by atoms with E-state index in [0.29, 0.717) is 24.0 Å². The maximum atomic E-state index is 14.2. The molecule has 2 bridgehead atoms. The first-order valence-electron chi connectivity index (χ1n) is 7.43. The van der Waals surface area contributed by atoms with E-state index in [-0.39, 0.29) is 29.8 Å². The summed E-state index contributed by atoms with van der Waals surface area (Å²) in [6.45, 7) is 0.643. The van der Waals surface area contributed by atoms with Crippen molar-refractivity contribution < 1.29 is 19.2 Å². The van der Waals surface area contributed by atoms with Crippen LogP contribution >= 0.6 is 0 Å². The molecule has 1 aromatic heterocycles. The van der Waals surface area contributed by atoms with Gasteiger partial charge in [-0.2, -0.15) is 5.10 Å². The summed E-state index contributed by atoms with van der Waals surface area (Å²) in [5, 5.41) is 25.0. The van der Waals surface area contributed by atoms with Crippen LogP contribution in [-0.2, 0) is 7.05 Å². The van der Waals surface area contributed by atoms with Gasteiger partial charge >= 0.3 is 6.09 Å². The molecule has 0 aliphatic carbocycles. The lowest BCUT2D eigenvalue weighted by Crippen LogP contribution is -2.48. The number of likely N-dealkylation sites (tertiary alicyclic amines) is 1. The zero-order valence-electron chi connectivity index (χ0n) is 12.7. The van der Waals surface area contributed by atoms with E-state index in [0.717, 1.165) is 6.07 Å². The minimum atomic E-state index is -0.984. The molecule has 126 valence electrons. The van der Waals surface area contributed by atoms with Gasteiger partial charge in [-0.25, -0.2) is 9.18 Å². The van der Waals surface area contributed by atoms with Crippen LogP contribution in [0.2, 0.25) is 0 Å². The number of fused-ring (bicyclic) bond motifs is 3. The van der Waals surface area contributed by atoms with Crippen molar-refractivity contribution in [3.05, 3.63) is 28.2 Å². The second kappa shape index (κ2) is 4.79. The summed E-state index contributed by atoms with van der Waals surface area (Å²) in [7, 11) is 1.62. The second-order valence-corrected chi connectivity index (χ2v) is 6.18. The predicted molar refractivity (Wildman–Crippen MR) is 81.6 cm³/mol. The predicted octanol–water partition coefficient (Wildman–Crippen LogP) is 1.56. The second-order valence-electron chi connectivity index (χ2n) is 6.18. The molecule has 4 rings (SSSR count). The fourth-order valence-corrected chi connectivity index (χ4v) is 3.85. The summed E-state index contributed by atoms with van der Waals surface area (Å²) in [4.78, 5) is 25.2. The molecule has 0 saturated carbocycles. The number of hydrogen-bond donors (Lipinski definition) is 1. The number of nitrogens with zero attached hydrogens (tertiary/aromatic N) is 5. The Morgan fingerprint density at radius 3 is 2.79 bits per heavy atom. The van der Waals surface area contributed by atoms with Crippen molar-refractivity contribution in [1.29, 1.82) is 0 Å². The number of nitro groups is 1. The Balaban J connectivity index is 1.85. The molecule has 2 aliphatic heterocycles. The van der Waals surface area contributed by atoms with Gasteiger partial charge in [0, 0.05) is 32.4 Å². The minimum Gasteiger partial charge on any atom is -0.465 e. The molecule has 2 aliphatic rings. The summed E-state index contributed by atoms with van der Waals surface area (Å²) in [6.07, 6.45) is 1.19. The van der Waals surface area contributed by atoms with Gasteiger partial charge in [0.05, 0.1) is 22.4 Å². The molecule has 1 amide bonds. The fourth-order valence-electron chi connectivity index (χ4n) is 3.85. The van der Waals surface area contributed by atoms with Gasteiger partial charge in [-0.05, 0) is 6.42 Å². The number of nitro benzene ring substituents is 1. The number of aryl methyl sites for hydroxylation is 1. The third kappa shape index (κ3) is 1.92. The number of anilines is 1. The molecular formula is C14H14FN5O4. The van der Waals surface area contributed by atoms with E-state index in [1.54, 1.807) is 13.2 Å². The number of piperazine rings is 1. The quantitative estimate of drug-likeness (QED) is 0.660. The number of rotatable bonds is 2. The zero-order valence-corrected chi connectivity index (χ0v) is 12.7. The Labute approximate surface area is 135 Å². The topological polar surface area (TPSA) is 105 Å². The van der Waals surface area contributed by atoms with Crippen LogP contribution in [0.4, 0.5) is 20.6 Å². The Bertz CT molecular complexity index is 882. The van der Waals surface area contributed by atoms with Crippen molar-refractivity contribution in [3.63, 3.8) is 0 Å². The van der Waals surface area contributed by atoms with Crippen LogP contribution in [0.15, 0.2) is 12.3 Å². The molecule has 10 heteroatoms. The largest absolute Gasteiger partial charge is 0.465 e. The summed E-state index contributed by atoms with van der Waals surface area (Å²) >= 11 is 0. The standard InChI is InChI=1S/C14H14FN5O4/c1-17-6-9-12(16-17)10(15)3-11(20(23)24)13(9)18-4-8-2-7(18)5-19(8)14(21)22/h3,6-8H,2,4-5H2,1H3,(H,21,22)/t7-,8-/m0/s1. The van der Waals surface area contributed by atoms with Crippen LogP contribution in [-0.4, -0.2) is 56.0 Å². The van der Waals surface area contributed by atoms with Gasteiger partial charge in [0.15, 0.2) is 5.82 Å². The Morgan fingerprint density at radius 1 is 1.46 bits per heavy atom. The lowest BCUT2D eigenvalue weighted by atomic mass is 10.1. The SMILES string of the molecule is Cn1cc2c(N3C[C@@H]4C[C@H]3CN4C(=O)O)c([N+](=O)[O-])cc(F)c2n1. The number of carboxylic acid groups (broad SMARTS) is 1. The van der Waals surface area contributed by atoms with E-state index in [2.05, 4.69) is 5.10 Å². The minimum absolute atomic E-state index is 0.0796. The van der Waals surface area contributed by atoms with E-state index in [4.69, 9.17) is 0 Å². The third-order valence-corrected chi connectivity index (χ3v) is 4.79. The molecule has 0 spiro atoms. The van der Waals surface area contributed by atoms with Crippen LogP contribution in [0.25, 0.3) is 10.9 Å². The molecule has 2 aromatic rings. The Kier molecular flexibility index (Phi) is 2.93. The highest BCUT2D eigenvalue weighted by atomic mass is 19.1. The highest BCUT2D eigenvalue weighted by Gasteiger charge is 2.47. The van der Waals surface area contributed by atoms with Crippen molar-refractivity contribution >= 4 is 28.4 Å². The lowest BCUT2D eigenvalue weighted by molar-refractivity contribution is -0.384. The molecule has 0 radical (unpaired) electrons. The highest BCUT2D eigenvalue weighted by Crippen LogP contribution is 2.43. The Morgan fingerprint density at radius 2 is 2.21 bits per heavy atom. The number of carbonyl (C=O) groups is 1. The van der Waals surface area contributed by atoms with Crippen LogP contribution in [0.3, 0.4) is 0 Å². The van der Waals surface area contributed by atoms with Crippen LogP contribution in [0.1, 0.15) is 6.42 Å². The van der Waals surface area contributed by atoms with Crippen molar-refractivity contribution in [1.82, 2.24) is 14.7 Å². The first-order chi connectivity index (χ1) is 11.4. The van der Waals surface area contributed by atoms with E-state index in [1.165, 1.54) is 9.58 Å². The molecule has 2 fully saturated rings. The summed E-state index contributed by atoms with van der Waals surface area (Å²) in [6, 6.07) is 0.536. The molecule has 1 N–H and O–H groups in total. The first kappa shape index (κ1) is 14.7. The monoisotopic (exact) mass is 335 g/mol. The number of aromatic nitrogens is 2.